The third-order valence-corrected chi connectivity index (χ3v) is 4.28. The second-order valence-electron chi connectivity index (χ2n) is 5.34. The predicted molar refractivity (Wildman–Crippen MR) is 83.4 cm³/mol. The molecular formula is C15H20Cl2N2O. The van der Waals surface area contributed by atoms with Crippen molar-refractivity contribution in [2.24, 2.45) is 0 Å². The summed E-state index contributed by atoms with van der Waals surface area (Å²) in [5.74, 6) is 0. The molecule has 1 fully saturated rings. The summed E-state index contributed by atoms with van der Waals surface area (Å²) >= 11 is 12.0. The summed E-state index contributed by atoms with van der Waals surface area (Å²) in [6.07, 6.45) is 5.82. The van der Waals surface area contributed by atoms with Crippen LogP contribution >= 0.6 is 23.2 Å². The summed E-state index contributed by atoms with van der Waals surface area (Å²) in [6.45, 7) is 1.91. The molecule has 110 valence electrons. The number of hydrogen-bond acceptors (Lipinski definition) is 1. The number of amides is 2. The molecule has 1 atom stereocenters. The summed E-state index contributed by atoms with van der Waals surface area (Å²) in [6, 6.07) is 5.33. The predicted octanol–water partition coefficient (Wildman–Crippen LogP) is 4.69. The molecule has 3 nitrogen and oxygen atoms in total. The van der Waals surface area contributed by atoms with E-state index in [0.717, 1.165) is 18.4 Å². The van der Waals surface area contributed by atoms with Crippen LogP contribution in [0.25, 0.3) is 0 Å². The molecule has 1 aromatic carbocycles. The average molecular weight is 315 g/mol. The lowest BCUT2D eigenvalue weighted by atomic mass is 9.96. The Labute approximate surface area is 130 Å². The van der Waals surface area contributed by atoms with Gasteiger partial charge in [0.1, 0.15) is 0 Å². The van der Waals surface area contributed by atoms with Gasteiger partial charge in [-0.1, -0.05) is 48.5 Å². The number of urea groups is 1. The molecule has 0 saturated heterocycles. The van der Waals surface area contributed by atoms with Crippen molar-refractivity contribution in [1.82, 2.24) is 10.6 Å². The van der Waals surface area contributed by atoms with E-state index in [1.54, 1.807) is 12.1 Å². The van der Waals surface area contributed by atoms with E-state index in [2.05, 4.69) is 10.6 Å². The van der Waals surface area contributed by atoms with E-state index in [-0.39, 0.29) is 12.1 Å². The van der Waals surface area contributed by atoms with Crippen molar-refractivity contribution in [1.29, 1.82) is 0 Å². The van der Waals surface area contributed by atoms with E-state index in [9.17, 15) is 4.79 Å². The third-order valence-electron chi connectivity index (χ3n) is 3.72. The second-order valence-corrected chi connectivity index (χ2v) is 6.18. The molecule has 0 radical (unpaired) electrons. The summed E-state index contributed by atoms with van der Waals surface area (Å²) in [4.78, 5) is 12.0. The molecule has 0 heterocycles. The van der Waals surface area contributed by atoms with Gasteiger partial charge in [0, 0.05) is 16.1 Å². The molecular weight excluding hydrogens is 295 g/mol. The largest absolute Gasteiger partial charge is 0.335 e. The Hall–Kier alpha value is -0.930. The van der Waals surface area contributed by atoms with Crippen LogP contribution < -0.4 is 10.6 Å². The van der Waals surface area contributed by atoms with Crippen LogP contribution in [-0.4, -0.2) is 12.1 Å². The summed E-state index contributed by atoms with van der Waals surface area (Å²) in [5, 5.41) is 7.12. The Morgan fingerprint density at radius 3 is 2.60 bits per heavy atom. The number of carbonyl (C=O) groups is 1. The molecule has 20 heavy (non-hydrogen) atoms. The number of carbonyl (C=O) groups excluding carboxylic acids is 1. The van der Waals surface area contributed by atoms with Crippen molar-refractivity contribution in [3.05, 3.63) is 33.8 Å². The van der Waals surface area contributed by atoms with Gasteiger partial charge in [0.2, 0.25) is 0 Å². The molecule has 0 spiro atoms. The quantitative estimate of drug-likeness (QED) is 0.835. The van der Waals surface area contributed by atoms with Crippen molar-refractivity contribution in [3.63, 3.8) is 0 Å². The molecule has 1 unspecified atom stereocenters. The Morgan fingerprint density at radius 1 is 1.25 bits per heavy atom. The van der Waals surface area contributed by atoms with Crippen LogP contribution in [0.4, 0.5) is 4.79 Å². The van der Waals surface area contributed by atoms with Gasteiger partial charge in [-0.05, 0) is 37.5 Å². The van der Waals surface area contributed by atoms with E-state index in [4.69, 9.17) is 23.2 Å². The first kappa shape index (κ1) is 15.5. The zero-order chi connectivity index (χ0) is 14.5. The van der Waals surface area contributed by atoms with Gasteiger partial charge in [-0.15, -0.1) is 0 Å². The molecule has 0 aromatic heterocycles. The van der Waals surface area contributed by atoms with E-state index in [0.29, 0.717) is 16.1 Å². The first-order valence-corrected chi connectivity index (χ1v) is 7.84. The summed E-state index contributed by atoms with van der Waals surface area (Å²) in [7, 11) is 0. The number of rotatable bonds is 3. The highest BCUT2D eigenvalue weighted by molar-refractivity contribution is 6.35. The van der Waals surface area contributed by atoms with Gasteiger partial charge >= 0.3 is 6.03 Å². The maximum atomic E-state index is 12.0. The highest BCUT2D eigenvalue weighted by atomic mass is 35.5. The van der Waals surface area contributed by atoms with Crippen molar-refractivity contribution in [2.75, 3.05) is 0 Å². The standard InChI is InChI=1S/C15H20Cl2N2O/c1-10(13-8-7-11(16)9-14(13)17)18-15(20)19-12-5-3-2-4-6-12/h7-10,12H,2-6H2,1H3,(H2,18,19,20). The fourth-order valence-electron chi connectivity index (χ4n) is 2.60. The molecule has 1 aliphatic carbocycles. The lowest BCUT2D eigenvalue weighted by Gasteiger charge is -2.24. The highest BCUT2D eigenvalue weighted by Crippen LogP contribution is 2.26. The van der Waals surface area contributed by atoms with Gasteiger partial charge < -0.3 is 10.6 Å². The topological polar surface area (TPSA) is 41.1 Å². The van der Waals surface area contributed by atoms with Crippen LogP contribution in [0.1, 0.15) is 50.6 Å². The fourth-order valence-corrected chi connectivity index (χ4v) is 3.17. The van der Waals surface area contributed by atoms with Gasteiger partial charge in [-0.2, -0.15) is 0 Å². The Balaban J connectivity index is 1.89. The van der Waals surface area contributed by atoms with Gasteiger partial charge in [-0.25, -0.2) is 4.79 Å². The van der Waals surface area contributed by atoms with E-state index >= 15 is 0 Å². The fraction of sp³-hybridized carbons (Fsp3) is 0.533. The molecule has 1 aliphatic rings. The van der Waals surface area contributed by atoms with Crippen LogP contribution in [0.15, 0.2) is 18.2 Å². The molecule has 0 aliphatic heterocycles. The van der Waals surface area contributed by atoms with Crippen molar-refractivity contribution >= 4 is 29.2 Å². The number of halogens is 2. The molecule has 1 saturated carbocycles. The first-order chi connectivity index (χ1) is 9.56. The summed E-state index contributed by atoms with van der Waals surface area (Å²) in [5.41, 5.74) is 0.870. The number of hydrogen-bond donors (Lipinski definition) is 2. The van der Waals surface area contributed by atoms with Crippen LogP contribution in [0, 0.1) is 0 Å². The van der Waals surface area contributed by atoms with Gasteiger partial charge in [0.15, 0.2) is 0 Å². The van der Waals surface area contributed by atoms with Crippen molar-refractivity contribution < 1.29 is 4.79 Å². The maximum Gasteiger partial charge on any atom is 0.315 e. The molecule has 0 bridgehead atoms. The normalized spacial score (nSPS) is 17.6. The zero-order valence-electron chi connectivity index (χ0n) is 11.6. The third kappa shape index (κ3) is 4.29. The van der Waals surface area contributed by atoms with Crippen LogP contribution in [0.2, 0.25) is 10.0 Å². The summed E-state index contributed by atoms with van der Waals surface area (Å²) < 4.78 is 0. The molecule has 1 aromatic rings. The Bertz CT molecular complexity index is 473. The molecule has 2 N–H and O–H groups in total. The number of benzene rings is 1. The number of nitrogens with one attached hydrogen (secondary N) is 2. The van der Waals surface area contributed by atoms with Crippen LogP contribution in [-0.2, 0) is 0 Å². The molecule has 2 rings (SSSR count). The maximum absolute atomic E-state index is 12.0. The minimum absolute atomic E-state index is 0.129. The van der Waals surface area contributed by atoms with Crippen molar-refractivity contribution in [3.8, 4) is 0 Å². The van der Waals surface area contributed by atoms with Crippen LogP contribution in [0.3, 0.4) is 0 Å². The molecule has 5 heteroatoms. The monoisotopic (exact) mass is 314 g/mol. The Morgan fingerprint density at radius 2 is 1.95 bits per heavy atom. The highest BCUT2D eigenvalue weighted by Gasteiger charge is 2.18. The minimum Gasteiger partial charge on any atom is -0.335 e. The molecule has 2 amide bonds. The van der Waals surface area contributed by atoms with E-state index in [1.165, 1.54) is 19.3 Å². The minimum atomic E-state index is -0.150. The lowest BCUT2D eigenvalue weighted by molar-refractivity contribution is 0.229. The SMILES string of the molecule is CC(NC(=O)NC1CCCCC1)c1ccc(Cl)cc1Cl. The van der Waals surface area contributed by atoms with Crippen LogP contribution in [0.5, 0.6) is 0 Å². The zero-order valence-corrected chi connectivity index (χ0v) is 13.1. The van der Waals surface area contributed by atoms with Gasteiger partial charge in [-0.3, -0.25) is 0 Å². The van der Waals surface area contributed by atoms with E-state index < -0.39 is 0 Å². The Kier molecular flexibility index (Phi) is 5.55. The van der Waals surface area contributed by atoms with Gasteiger partial charge in [0.05, 0.1) is 6.04 Å². The van der Waals surface area contributed by atoms with Crippen molar-refractivity contribution in [2.45, 2.75) is 51.1 Å². The van der Waals surface area contributed by atoms with Gasteiger partial charge in [0.25, 0.3) is 0 Å². The first-order valence-electron chi connectivity index (χ1n) is 7.08. The van der Waals surface area contributed by atoms with E-state index in [1.807, 2.05) is 13.0 Å². The smallest absolute Gasteiger partial charge is 0.315 e. The lowest BCUT2D eigenvalue weighted by Crippen LogP contribution is -2.43. The second kappa shape index (κ2) is 7.19. The average Bonchev–Trinajstić information content (AvgIpc) is 2.39.